The summed E-state index contributed by atoms with van der Waals surface area (Å²) in [6.07, 6.45) is 2.92. The van der Waals surface area contributed by atoms with Crippen LogP contribution in [0.3, 0.4) is 0 Å². The Morgan fingerprint density at radius 2 is 1.95 bits per heavy atom. The van der Waals surface area contributed by atoms with Crippen LogP contribution >= 0.6 is 0 Å². The van der Waals surface area contributed by atoms with Gasteiger partial charge in [0.2, 0.25) is 5.91 Å². The number of carbonyl (C=O) groups excluding carboxylic acids is 1. The summed E-state index contributed by atoms with van der Waals surface area (Å²) in [7, 11) is 1.66. The summed E-state index contributed by atoms with van der Waals surface area (Å²) in [5.41, 5.74) is 1.15. The molecule has 1 aromatic rings. The number of nitrogens with zero attached hydrogens (tertiary/aromatic N) is 1. The number of benzene rings is 1. The van der Waals surface area contributed by atoms with E-state index >= 15 is 0 Å². The van der Waals surface area contributed by atoms with E-state index in [1.54, 1.807) is 7.11 Å². The first-order valence-electron chi connectivity index (χ1n) is 7.84. The third-order valence-corrected chi connectivity index (χ3v) is 4.19. The summed E-state index contributed by atoms with van der Waals surface area (Å²) < 4.78 is 5.16. The highest BCUT2D eigenvalue weighted by molar-refractivity contribution is 5.76. The van der Waals surface area contributed by atoms with E-state index in [0.717, 1.165) is 43.8 Å². The van der Waals surface area contributed by atoms with Crippen molar-refractivity contribution in [3.63, 3.8) is 0 Å². The van der Waals surface area contributed by atoms with Crippen molar-refractivity contribution in [3.8, 4) is 5.75 Å². The lowest BCUT2D eigenvalue weighted by atomic mass is 9.94. The molecule has 0 saturated carbocycles. The second-order valence-corrected chi connectivity index (χ2v) is 5.65. The van der Waals surface area contributed by atoms with E-state index in [4.69, 9.17) is 4.74 Å². The Morgan fingerprint density at radius 1 is 1.29 bits per heavy atom. The van der Waals surface area contributed by atoms with E-state index in [-0.39, 0.29) is 5.91 Å². The summed E-state index contributed by atoms with van der Waals surface area (Å²) in [6, 6.07) is 7.94. The van der Waals surface area contributed by atoms with Gasteiger partial charge in [-0.05, 0) is 56.5 Å². The maximum absolute atomic E-state index is 12.5. The Bertz CT molecular complexity index is 439. The Balaban J connectivity index is 1.89. The van der Waals surface area contributed by atoms with Crippen molar-refractivity contribution in [2.24, 2.45) is 5.92 Å². The Labute approximate surface area is 127 Å². The molecule has 0 bridgehead atoms. The quantitative estimate of drug-likeness (QED) is 0.875. The van der Waals surface area contributed by atoms with Gasteiger partial charge in [0.05, 0.1) is 7.11 Å². The minimum atomic E-state index is 0.278. The molecule has 2 rings (SSSR count). The average Bonchev–Trinajstić information content (AvgIpc) is 2.54. The van der Waals surface area contributed by atoms with Gasteiger partial charge in [0.1, 0.15) is 5.75 Å². The second-order valence-electron chi connectivity index (χ2n) is 5.65. The molecule has 1 saturated heterocycles. The van der Waals surface area contributed by atoms with Gasteiger partial charge in [-0.2, -0.15) is 0 Å². The predicted octanol–water partition coefficient (Wildman–Crippen LogP) is 2.43. The largest absolute Gasteiger partial charge is 0.497 e. The van der Waals surface area contributed by atoms with Crippen LogP contribution in [0.25, 0.3) is 0 Å². The lowest BCUT2D eigenvalue weighted by molar-refractivity contribution is -0.132. The van der Waals surface area contributed by atoms with Gasteiger partial charge in [-0.25, -0.2) is 0 Å². The number of methoxy groups -OCH3 is 1. The molecule has 1 amide bonds. The zero-order valence-corrected chi connectivity index (χ0v) is 13.1. The molecule has 1 aromatic carbocycles. The number of nitrogens with one attached hydrogen (secondary N) is 1. The third kappa shape index (κ3) is 4.74. The minimum Gasteiger partial charge on any atom is -0.497 e. The fourth-order valence-electron chi connectivity index (χ4n) is 2.79. The molecule has 0 atom stereocenters. The summed E-state index contributed by atoms with van der Waals surface area (Å²) >= 11 is 0. The molecular formula is C17H26N2O2. The maximum Gasteiger partial charge on any atom is 0.223 e. The van der Waals surface area contributed by atoms with E-state index < -0.39 is 0 Å². The number of amides is 1. The van der Waals surface area contributed by atoms with Crippen molar-refractivity contribution < 1.29 is 9.53 Å². The molecule has 0 spiro atoms. The average molecular weight is 290 g/mol. The van der Waals surface area contributed by atoms with Crippen LogP contribution < -0.4 is 10.1 Å². The highest BCUT2D eigenvalue weighted by Gasteiger charge is 2.20. The first-order chi connectivity index (χ1) is 10.2. The van der Waals surface area contributed by atoms with Crippen molar-refractivity contribution in [2.75, 3.05) is 26.7 Å². The minimum absolute atomic E-state index is 0.278. The van der Waals surface area contributed by atoms with Gasteiger partial charge < -0.3 is 15.0 Å². The number of piperidine rings is 1. The van der Waals surface area contributed by atoms with E-state index in [2.05, 4.69) is 5.32 Å². The van der Waals surface area contributed by atoms with Gasteiger partial charge in [0, 0.05) is 19.5 Å². The van der Waals surface area contributed by atoms with Crippen LogP contribution in [0, 0.1) is 5.92 Å². The van der Waals surface area contributed by atoms with Crippen molar-refractivity contribution in [1.29, 1.82) is 0 Å². The third-order valence-electron chi connectivity index (χ3n) is 4.19. The van der Waals surface area contributed by atoms with Gasteiger partial charge in [-0.1, -0.05) is 12.1 Å². The van der Waals surface area contributed by atoms with Crippen molar-refractivity contribution in [1.82, 2.24) is 10.2 Å². The lowest BCUT2D eigenvalue weighted by Crippen LogP contribution is -2.35. The van der Waals surface area contributed by atoms with E-state index in [9.17, 15) is 4.79 Å². The van der Waals surface area contributed by atoms with Crippen molar-refractivity contribution >= 4 is 5.91 Å². The smallest absolute Gasteiger partial charge is 0.223 e. The SMILES string of the molecule is CCN(Cc1ccc(OC)cc1)C(=O)CC1CCNCC1. The van der Waals surface area contributed by atoms with Crippen LogP contribution in [-0.4, -0.2) is 37.6 Å². The molecule has 4 heteroatoms. The van der Waals surface area contributed by atoms with E-state index in [1.807, 2.05) is 36.1 Å². The van der Waals surface area contributed by atoms with Crippen LogP contribution in [0.5, 0.6) is 5.75 Å². The van der Waals surface area contributed by atoms with Crippen LogP contribution in [0.4, 0.5) is 0 Å². The van der Waals surface area contributed by atoms with Crippen molar-refractivity contribution in [3.05, 3.63) is 29.8 Å². The molecule has 0 unspecified atom stereocenters. The van der Waals surface area contributed by atoms with E-state index in [0.29, 0.717) is 18.9 Å². The number of rotatable bonds is 6. The standard InChI is InChI=1S/C17H26N2O2/c1-3-19(13-15-4-6-16(21-2)7-5-15)17(20)12-14-8-10-18-11-9-14/h4-7,14,18H,3,8-13H2,1-2H3. The Hall–Kier alpha value is -1.55. The zero-order valence-electron chi connectivity index (χ0n) is 13.1. The molecular weight excluding hydrogens is 264 g/mol. The highest BCUT2D eigenvalue weighted by Crippen LogP contribution is 2.19. The number of hydrogen-bond donors (Lipinski definition) is 1. The molecule has 1 aliphatic rings. The first kappa shape index (κ1) is 15.8. The summed E-state index contributed by atoms with van der Waals surface area (Å²) in [5.74, 6) is 1.67. The second kappa shape index (κ2) is 8.03. The molecule has 1 N–H and O–H groups in total. The normalized spacial score (nSPS) is 15.7. The molecule has 4 nitrogen and oxygen atoms in total. The molecule has 0 radical (unpaired) electrons. The topological polar surface area (TPSA) is 41.6 Å². The zero-order chi connectivity index (χ0) is 15.1. The monoisotopic (exact) mass is 290 g/mol. The van der Waals surface area contributed by atoms with Crippen LogP contribution in [0.1, 0.15) is 31.7 Å². The predicted molar refractivity (Wildman–Crippen MR) is 84.3 cm³/mol. The Morgan fingerprint density at radius 3 is 2.52 bits per heavy atom. The Kier molecular flexibility index (Phi) is 6.05. The molecule has 1 heterocycles. The number of ether oxygens (including phenoxy) is 1. The fourth-order valence-corrected chi connectivity index (χ4v) is 2.79. The van der Waals surface area contributed by atoms with Gasteiger partial charge in [0.15, 0.2) is 0 Å². The molecule has 21 heavy (non-hydrogen) atoms. The fraction of sp³-hybridized carbons (Fsp3) is 0.588. The lowest BCUT2D eigenvalue weighted by Gasteiger charge is -2.26. The molecule has 1 fully saturated rings. The molecule has 0 aliphatic carbocycles. The first-order valence-corrected chi connectivity index (χ1v) is 7.84. The number of carbonyl (C=O) groups is 1. The van der Waals surface area contributed by atoms with Gasteiger partial charge in [-0.15, -0.1) is 0 Å². The molecule has 1 aliphatic heterocycles. The van der Waals surface area contributed by atoms with Crippen molar-refractivity contribution in [2.45, 2.75) is 32.7 Å². The molecule has 0 aromatic heterocycles. The molecule has 116 valence electrons. The van der Waals surface area contributed by atoms with Crippen LogP contribution in [0.2, 0.25) is 0 Å². The van der Waals surface area contributed by atoms with Gasteiger partial charge in [-0.3, -0.25) is 4.79 Å². The highest BCUT2D eigenvalue weighted by atomic mass is 16.5. The van der Waals surface area contributed by atoms with Gasteiger partial charge >= 0.3 is 0 Å². The summed E-state index contributed by atoms with van der Waals surface area (Å²) in [5, 5.41) is 3.35. The number of hydrogen-bond acceptors (Lipinski definition) is 3. The summed E-state index contributed by atoms with van der Waals surface area (Å²) in [6.45, 7) is 5.58. The van der Waals surface area contributed by atoms with E-state index in [1.165, 1.54) is 0 Å². The van der Waals surface area contributed by atoms with Crippen LogP contribution in [-0.2, 0) is 11.3 Å². The van der Waals surface area contributed by atoms with Crippen LogP contribution in [0.15, 0.2) is 24.3 Å². The summed E-state index contributed by atoms with van der Waals surface area (Å²) in [4.78, 5) is 14.4. The maximum atomic E-state index is 12.5. The van der Waals surface area contributed by atoms with Gasteiger partial charge in [0.25, 0.3) is 0 Å².